The topological polar surface area (TPSA) is 307 Å². The Kier molecular flexibility index (Phi) is 40.9. The number of ether oxygens (including phenoxy) is 6. The van der Waals surface area contributed by atoms with Gasteiger partial charge < -0.3 is 89.9 Å². The molecule has 0 aromatic carbocycles. The van der Waals surface area contributed by atoms with Crippen LogP contribution in [-0.2, 0) is 33.2 Å². The number of aliphatic hydroxyl groups excluding tert-OH is 11. The molecule has 472 valence electrons. The summed E-state index contributed by atoms with van der Waals surface area (Å²) < 4.78 is 34.2. The number of unbranched alkanes of at least 4 members (excludes halogenated alkanes) is 32. The van der Waals surface area contributed by atoms with Gasteiger partial charge in [-0.15, -0.1) is 0 Å². The molecule has 0 saturated carbocycles. The highest BCUT2D eigenvalue weighted by molar-refractivity contribution is 5.76. The second kappa shape index (κ2) is 44.9. The van der Waals surface area contributed by atoms with Crippen LogP contribution in [-0.4, -0.2) is 193 Å². The molecule has 3 heterocycles. The summed E-state index contributed by atoms with van der Waals surface area (Å²) in [4.78, 5) is 13.3. The molecule has 17 unspecified atom stereocenters. The number of nitrogens with one attached hydrogen (secondary N) is 1. The van der Waals surface area contributed by atoms with Crippen molar-refractivity contribution in [3.05, 3.63) is 12.2 Å². The monoisotopic (exact) mass is 1150 g/mol. The Bertz CT molecular complexity index is 1510. The molecule has 3 saturated heterocycles. The van der Waals surface area contributed by atoms with Gasteiger partial charge in [-0.2, -0.15) is 0 Å². The highest BCUT2D eigenvalue weighted by Crippen LogP contribution is 2.33. The minimum atomic E-state index is -1.97. The summed E-state index contributed by atoms with van der Waals surface area (Å²) in [5.41, 5.74) is 0. The van der Waals surface area contributed by atoms with Gasteiger partial charge in [-0.05, 0) is 19.3 Å². The lowest BCUT2D eigenvalue weighted by Gasteiger charge is -2.48. The first-order chi connectivity index (χ1) is 38.8. The van der Waals surface area contributed by atoms with E-state index in [0.717, 1.165) is 44.9 Å². The highest BCUT2D eigenvalue weighted by Gasteiger charge is 2.53. The van der Waals surface area contributed by atoms with E-state index in [1.165, 1.54) is 167 Å². The van der Waals surface area contributed by atoms with Crippen molar-refractivity contribution in [1.82, 2.24) is 5.32 Å². The van der Waals surface area contributed by atoms with Crippen molar-refractivity contribution < 1.29 is 89.4 Å². The van der Waals surface area contributed by atoms with E-state index in [2.05, 4.69) is 19.2 Å². The van der Waals surface area contributed by atoms with E-state index in [0.29, 0.717) is 6.42 Å². The minimum Gasteiger partial charge on any atom is -0.394 e. The van der Waals surface area contributed by atoms with Crippen molar-refractivity contribution in [2.45, 2.75) is 343 Å². The number of carbonyl (C=O) groups excluding carboxylic acids is 1. The Morgan fingerprint density at radius 1 is 0.438 bits per heavy atom. The van der Waals surface area contributed by atoms with E-state index in [4.69, 9.17) is 28.4 Å². The predicted molar refractivity (Wildman–Crippen MR) is 305 cm³/mol. The molecule has 0 bridgehead atoms. The third-order valence-corrected chi connectivity index (χ3v) is 16.3. The summed E-state index contributed by atoms with van der Waals surface area (Å²) in [7, 11) is 0. The number of rotatable bonds is 48. The summed E-state index contributed by atoms with van der Waals surface area (Å²) in [6.07, 6.45) is 19.3. The van der Waals surface area contributed by atoms with Gasteiger partial charge in [0.15, 0.2) is 18.9 Å². The third kappa shape index (κ3) is 28.2. The summed E-state index contributed by atoms with van der Waals surface area (Å²) in [6.45, 7) is 1.72. The van der Waals surface area contributed by atoms with E-state index in [9.17, 15) is 61.0 Å². The molecule has 19 heteroatoms. The molecule has 3 aliphatic rings. The van der Waals surface area contributed by atoms with Crippen molar-refractivity contribution in [2.24, 2.45) is 0 Å². The van der Waals surface area contributed by atoms with Gasteiger partial charge in [0.2, 0.25) is 5.91 Å². The van der Waals surface area contributed by atoms with Gasteiger partial charge in [-0.3, -0.25) is 4.79 Å². The van der Waals surface area contributed by atoms with E-state index in [-0.39, 0.29) is 18.9 Å². The van der Waals surface area contributed by atoms with Gasteiger partial charge in [0, 0.05) is 6.42 Å². The number of hydrogen-bond donors (Lipinski definition) is 12. The van der Waals surface area contributed by atoms with Crippen molar-refractivity contribution in [3.63, 3.8) is 0 Å². The molecule has 1 amide bonds. The van der Waals surface area contributed by atoms with Crippen LogP contribution >= 0.6 is 0 Å². The number of amides is 1. The second-order valence-electron chi connectivity index (χ2n) is 23.2. The molecule has 80 heavy (non-hydrogen) atoms. The standard InChI is InChI=1S/C61H115NO18/c1-3-5-7-9-11-13-15-16-17-18-19-20-21-22-23-24-25-26-27-28-29-30-32-34-36-38-45(66)44(62-49(67)39-37-35-33-31-14-12-10-8-6-4-2)43-75-59-55(73)52(70)57(47(41-64)77-59)80-61-56(74)53(71)58(48(42-65)78-61)79-60-54(72)51(69)50(68)46(40-63)76-60/h36,38,44-48,50-61,63-66,68-74H,3-35,37,39-43H2,1-2H3,(H,62,67)/b38-36+. The number of carbonyl (C=O) groups is 1. The van der Waals surface area contributed by atoms with Crippen LogP contribution in [0.1, 0.15) is 239 Å². The first-order valence-electron chi connectivity index (χ1n) is 31.9. The van der Waals surface area contributed by atoms with E-state index >= 15 is 0 Å². The molecule has 19 nitrogen and oxygen atoms in total. The van der Waals surface area contributed by atoms with Gasteiger partial charge >= 0.3 is 0 Å². The number of hydrogen-bond acceptors (Lipinski definition) is 18. The largest absolute Gasteiger partial charge is 0.394 e. The van der Waals surface area contributed by atoms with Gasteiger partial charge in [-0.1, -0.05) is 225 Å². The Balaban J connectivity index is 1.43. The summed E-state index contributed by atoms with van der Waals surface area (Å²) in [5, 5.41) is 120. The molecule has 3 aliphatic heterocycles. The maximum Gasteiger partial charge on any atom is 0.220 e. The minimum absolute atomic E-state index is 0.247. The highest BCUT2D eigenvalue weighted by atomic mass is 16.8. The maximum atomic E-state index is 13.3. The Morgan fingerprint density at radius 3 is 1.18 bits per heavy atom. The average Bonchev–Trinajstić information content (AvgIpc) is 3.47. The van der Waals surface area contributed by atoms with Crippen molar-refractivity contribution >= 4 is 5.91 Å². The Hall–Kier alpha value is -1.47. The van der Waals surface area contributed by atoms with E-state index in [1.807, 2.05) is 6.08 Å². The van der Waals surface area contributed by atoms with Gasteiger partial charge in [-0.25, -0.2) is 0 Å². The lowest BCUT2D eigenvalue weighted by Crippen LogP contribution is -2.66. The van der Waals surface area contributed by atoms with Crippen LogP contribution in [0.15, 0.2) is 12.2 Å². The Morgan fingerprint density at radius 2 is 0.775 bits per heavy atom. The van der Waals surface area contributed by atoms with Crippen LogP contribution in [0.4, 0.5) is 0 Å². The second-order valence-corrected chi connectivity index (χ2v) is 23.2. The Labute approximate surface area is 480 Å². The molecule has 3 fully saturated rings. The molecule has 17 atom stereocenters. The molecular formula is C61H115NO18. The first-order valence-corrected chi connectivity index (χ1v) is 31.9. The fourth-order valence-electron chi connectivity index (χ4n) is 11.1. The summed E-state index contributed by atoms with van der Waals surface area (Å²) in [5.74, 6) is -0.275. The summed E-state index contributed by atoms with van der Waals surface area (Å²) >= 11 is 0. The predicted octanol–water partition coefficient (Wildman–Crippen LogP) is 6.55. The van der Waals surface area contributed by atoms with Crippen molar-refractivity contribution in [3.8, 4) is 0 Å². The molecular weight excluding hydrogens is 1030 g/mol. The van der Waals surface area contributed by atoms with Crippen LogP contribution in [0, 0.1) is 0 Å². The maximum absolute atomic E-state index is 13.3. The lowest BCUT2D eigenvalue weighted by atomic mass is 9.96. The van der Waals surface area contributed by atoms with Crippen molar-refractivity contribution in [1.29, 1.82) is 0 Å². The third-order valence-electron chi connectivity index (χ3n) is 16.3. The molecule has 3 rings (SSSR count). The van der Waals surface area contributed by atoms with Crippen LogP contribution in [0.2, 0.25) is 0 Å². The van der Waals surface area contributed by atoms with Gasteiger partial charge in [0.1, 0.15) is 73.2 Å². The zero-order chi connectivity index (χ0) is 58.3. The SMILES string of the molecule is CCCCCCCCCCCCCCCCCCCCCCCCC/C=C/C(O)C(COC1OC(CO)C(OC2OC(CO)C(OC3OC(CO)C(O)C(O)C3O)C(O)C2O)C(O)C1O)NC(=O)CCCCCCCCCCCC. The first kappa shape index (κ1) is 72.8. The van der Waals surface area contributed by atoms with Crippen LogP contribution < -0.4 is 5.32 Å². The van der Waals surface area contributed by atoms with Crippen LogP contribution in [0.5, 0.6) is 0 Å². The van der Waals surface area contributed by atoms with Crippen LogP contribution in [0.25, 0.3) is 0 Å². The van der Waals surface area contributed by atoms with Gasteiger partial charge in [0.25, 0.3) is 0 Å². The average molecular weight is 1150 g/mol. The zero-order valence-electron chi connectivity index (χ0n) is 49.3. The smallest absolute Gasteiger partial charge is 0.220 e. The quantitative estimate of drug-likeness (QED) is 0.0227. The summed E-state index contributed by atoms with van der Waals surface area (Å²) in [6, 6.07) is -0.966. The normalized spacial score (nSPS) is 30.0. The molecule has 0 aromatic heterocycles. The zero-order valence-corrected chi connectivity index (χ0v) is 49.3. The van der Waals surface area contributed by atoms with Crippen molar-refractivity contribution in [2.75, 3.05) is 26.4 Å². The van der Waals surface area contributed by atoms with Crippen LogP contribution in [0.3, 0.4) is 0 Å². The molecule has 0 aliphatic carbocycles. The molecule has 0 aromatic rings. The van der Waals surface area contributed by atoms with Gasteiger partial charge in [0.05, 0.1) is 38.6 Å². The van der Waals surface area contributed by atoms with E-state index < -0.39 is 124 Å². The fourth-order valence-corrected chi connectivity index (χ4v) is 11.1. The number of aliphatic hydroxyl groups is 11. The molecule has 12 N–H and O–H groups in total. The lowest BCUT2D eigenvalue weighted by molar-refractivity contribution is -0.379. The number of allylic oxidation sites excluding steroid dienone is 1. The fraction of sp³-hybridized carbons (Fsp3) is 0.951. The molecule has 0 radical (unpaired) electrons. The molecule has 0 spiro atoms. The van der Waals surface area contributed by atoms with E-state index in [1.54, 1.807) is 6.08 Å².